The monoisotopic (exact) mass is 420 g/mol. The molecule has 1 aromatic carbocycles. The van der Waals surface area contributed by atoms with E-state index in [-0.39, 0.29) is 0 Å². The lowest BCUT2D eigenvalue weighted by atomic mass is 10.1. The third-order valence-electron chi connectivity index (χ3n) is 4.99. The van der Waals surface area contributed by atoms with Crippen LogP contribution >= 0.6 is 0 Å². The van der Waals surface area contributed by atoms with Crippen LogP contribution in [0.1, 0.15) is 58.6 Å². The summed E-state index contributed by atoms with van der Waals surface area (Å²) in [6.45, 7) is 18.3. The number of nitrogens with one attached hydrogen (secondary N) is 2. The number of ether oxygens (including phenoxy) is 2. The first-order chi connectivity index (χ1) is 14.6. The lowest BCUT2D eigenvalue weighted by Gasteiger charge is -2.21. The van der Waals surface area contributed by atoms with Crippen LogP contribution in [0.2, 0.25) is 0 Å². The van der Waals surface area contributed by atoms with Gasteiger partial charge in [-0.25, -0.2) is 4.99 Å². The average molecular weight is 421 g/mol. The molecule has 0 aliphatic rings. The molecule has 0 fully saturated rings. The van der Waals surface area contributed by atoms with Crippen molar-refractivity contribution in [3.8, 4) is 0 Å². The molecule has 0 aliphatic heterocycles. The highest BCUT2D eigenvalue weighted by atomic mass is 16.5. The number of hydrogen-bond donors (Lipinski definition) is 2. The van der Waals surface area contributed by atoms with Gasteiger partial charge in [0.15, 0.2) is 5.96 Å². The third kappa shape index (κ3) is 12.2. The Balaban J connectivity index is 2.49. The highest BCUT2D eigenvalue weighted by Gasteiger charge is 2.07. The molecular formula is C24H44N4O2. The fraction of sp³-hybridized carbons (Fsp3) is 0.708. The molecule has 30 heavy (non-hydrogen) atoms. The van der Waals surface area contributed by atoms with Crippen LogP contribution in [-0.4, -0.2) is 62.9 Å². The van der Waals surface area contributed by atoms with Crippen LogP contribution in [-0.2, 0) is 22.6 Å². The van der Waals surface area contributed by atoms with E-state index in [9.17, 15) is 0 Å². The van der Waals surface area contributed by atoms with Crippen molar-refractivity contribution in [1.82, 2.24) is 15.5 Å². The highest BCUT2D eigenvalue weighted by molar-refractivity contribution is 5.80. The zero-order valence-corrected chi connectivity index (χ0v) is 19.9. The smallest absolute Gasteiger partial charge is 0.191 e. The topological polar surface area (TPSA) is 58.1 Å². The molecule has 172 valence electrons. The predicted molar refractivity (Wildman–Crippen MR) is 127 cm³/mol. The van der Waals surface area contributed by atoms with E-state index in [0.717, 1.165) is 45.2 Å². The summed E-state index contributed by atoms with van der Waals surface area (Å²) in [4.78, 5) is 7.26. The number of aliphatic imine (C=N–C) groups is 1. The first-order valence-corrected chi connectivity index (χ1v) is 11.6. The van der Waals surface area contributed by atoms with E-state index in [1.807, 2.05) is 6.92 Å². The molecule has 1 rings (SSSR count). The van der Waals surface area contributed by atoms with Crippen molar-refractivity contribution < 1.29 is 9.47 Å². The van der Waals surface area contributed by atoms with Gasteiger partial charge in [0.05, 0.1) is 26.4 Å². The molecule has 0 bridgehead atoms. The predicted octanol–water partition coefficient (Wildman–Crippen LogP) is 3.81. The lowest BCUT2D eigenvalue weighted by molar-refractivity contribution is 0.0453. The quantitative estimate of drug-likeness (QED) is 0.242. The molecule has 0 heterocycles. The van der Waals surface area contributed by atoms with Gasteiger partial charge in [-0.05, 0) is 64.4 Å². The van der Waals surface area contributed by atoms with E-state index in [4.69, 9.17) is 14.5 Å². The minimum Gasteiger partial charge on any atom is -0.379 e. The minimum absolute atomic E-state index is 0.392. The molecule has 0 saturated carbocycles. The van der Waals surface area contributed by atoms with Crippen LogP contribution in [0.15, 0.2) is 29.3 Å². The van der Waals surface area contributed by atoms with E-state index in [1.54, 1.807) is 0 Å². The van der Waals surface area contributed by atoms with Gasteiger partial charge >= 0.3 is 0 Å². The number of nitrogens with zero attached hydrogens (tertiary/aromatic N) is 2. The summed E-state index contributed by atoms with van der Waals surface area (Å²) in [6.07, 6.45) is 2.33. The summed E-state index contributed by atoms with van der Waals surface area (Å²) in [7, 11) is 0. The van der Waals surface area contributed by atoms with Crippen molar-refractivity contribution in [2.24, 2.45) is 4.99 Å². The number of rotatable bonds is 16. The zero-order chi connectivity index (χ0) is 22.0. The maximum absolute atomic E-state index is 5.68. The molecule has 0 amide bonds. The normalized spacial score (nSPS) is 12.9. The summed E-state index contributed by atoms with van der Waals surface area (Å²) >= 11 is 0. The molecular weight excluding hydrogens is 376 g/mol. The second kappa shape index (κ2) is 17.1. The maximum Gasteiger partial charge on any atom is 0.191 e. The van der Waals surface area contributed by atoms with Gasteiger partial charge in [0.1, 0.15) is 0 Å². The molecule has 6 heteroatoms. The first-order valence-electron chi connectivity index (χ1n) is 11.6. The van der Waals surface area contributed by atoms with Gasteiger partial charge in [-0.15, -0.1) is 0 Å². The lowest BCUT2D eigenvalue weighted by Crippen LogP contribution is -2.42. The van der Waals surface area contributed by atoms with E-state index in [2.05, 4.69) is 67.5 Å². The van der Waals surface area contributed by atoms with Crippen LogP contribution in [0, 0.1) is 0 Å². The van der Waals surface area contributed by atoms with Gasteiger partial charge in [-0.3, -0.25) is 0 Å². The van der Waals surface area contributed by atoms with Crippen LogP contribution in [0.4, 0.5) is 0 Å². The Labute approximate surface area is 184 Å². The van der Waals surface area contributed by atoms with Crippen LogP contribution in [0.5, 0.6) is 0 Å². The Bertz CT molecular complexity index is 576. The molecule has 0 aromatic heterocycles. The van der Waals surface area contributed by atoms with E-state index < -0.39 is 0 Å². The van der Waals surface area contributed by atoms with E-state index in [1.165, 1.54) is 17.5 Å². The molecule has 2 N–H and O–H groups in total. The van der Waals surface area contributed by atoms with Crippen LogP contribution < -0.4 is 10.6 Å². The van der Waals surface area contributed by atoms with Crippen molar-refractivity contribution >= 4 is 5.96 Å². The molecule has 0 radical (unpaired) electrons. The van der Waals surface area contributed by atoms with Gasteiger partial charge in [0.2, 0.25) is 0 Å². The van der Waals surface area contributed by atoms with Crippen molar-refractivity contribution in [1.29, 1.82) is 0 Å². The Hall–Kier alpha value is -1.63. The van der Waals surface area contributed by atoms with Crippen molar-refractivity contribution in [2.75, 3.05) is 46.0 Å². The highest BCUT2D eigenvalue weighted by Crippen LogP contribution is 2.08. The minimum atomic E-state index is 0.392. The Morgan fingerprint density at radius 2 is 1.80 bits per heavy atom. The molecule has 1 unspecified atom stereocenters. The molecule has 6 nitrogen and oxygen atoms in total. The number of guanidine groups is 1. The number of benzene rings is 1. The number of hydrogen-bond acceptors (Lipinski definition) is 4. The van der Waals surface area contributed by atoms with Gasteiger partial charge in [0, 0.05) is 19.2 Å². The van der Waals surface area contributed by atoms with E-state index >= 15 is 0 Å². The Kier molecular flexibility index (Phi) is 15.0. The Morgan fingerprint density at radius 1 is 1.07 bits per heavy atom. The fourth-order valence-electron chi connectivity index (χ4n) is 3.23. The summed E-state index contributed by atoms with van der Waals surface area (Å²) in [5, 5.41) is 6.91. The maximum atomic E-state index is 5.68. The van der Waals surface area contributed by atoms with Crippen LogP contribution in [0.3, 0.4) is 0 Å². The molecule has 0 aliphatic carbocycles. The largest absolute Gasteiger partial charge is 0.379 e. The van der Waals surface area contributed by atoms with Crippen molar-refractivity contribution in [2.45, 2.75) is 66.7 Å². The second-order valence-electron chi connectivity index (χ2n) is 7.48. The summed E-state index contributed by atoms with van der Waals surface area (Å²) in [5.74, 6) is 0.881. The average Bonchev–Trinajstić information content (AvgIpc) is 2.75. The molecule has 0 spiro atoms. The van der Waals surface area contributed by atoms with E-state index in [0.29, 0.717) is 32.4 Å². The third-order valence-corrected chi connectivity index (χ3v) is 4.99. The molecule has 0 saturated heterocycles. The second-order valence-corrected chi connectivity index (χ2v) is 7.48. The van der Waals surface area contributed by atoms with Gasteiger partial charge in [0.25, 0.3) is 0 Å². The van der Waals surface area contributed by atoms with Gasteiger partial charge in [-0.2, -0.15) is 0 Å². The van der Waals surface area contributed by atoms with Crippen LogP contribution in [0.25, 0.3) is 0 Å². The van der Waals surface area contributed by atoms with Gasteiger partial charge < -0.3 is 25.0 Å². The first kappa shape index (κ1) is 26.4. The Morgan fingerprint density at radius 3 is 2.50 bits per heavy atom. The summed E-state index contributed by atoms with van der Waals surface area (Å²) < 4.78 is 11.0. The SMILES string of the molecule is CCNC(=NCc1cccc(COCCOCC)c1)NC(C)CCCN(CC)CC. The molecule has 1 aromatic rings. The van der Waals surface area contributed by atoms with Crippen molar-refractivity contribution in [3.05, 3.63) is 35.4 Å². The fourth-order valence-corrected chi connectivity index (χ4v) is 3.23. The standard InChI is InChI=1S/C24H44N4O2/c1-6-25-24(27-21(5)12-11-15-28(7-2)8-3)26-19-22-13-10-14-23(18-22)20-30-17-16-29-9-4/h10,13-14,18,21H,6-9,11-12,15-17,19-20H2,1-5H3,(H2,25,26,27). The molecule has 1 atom stereocenters. The van der Waals surface area contributed by atoms with Crippen molar-refractivity contribution in [3.63, 3.8) is 0 Å². The summed E-state index contributed by atoms with van der Waals surface area (Å²) in [5.41, 5.74) is 2.36. The summed E-state index contributed by atoms with van der Waals surface area (Å²) in [6, 6.07) is 8.84. The van der Waals surface area contributed by atoms with Gasteiger partial charge in [-0.1, -0.05) is 38.1 Å². The zero-order valence-electron chi connectivity index (χ0n) is 19.9.